The predicted octanol–water partition coefficient (Wildman–Crippen LogP) is 3.21. The molecule has 0 amide bonds. The van der Waals surface area contributed by atoms with Crippen LogP contribution in [0.25, 0.3) is 11.0 Å². The van der Waals surface area contributed by atoms with Crippen LogP contribution in [0.5, 0.6) is 0 Å². The zero-order chi connectivity index (χ0) is 10.1. The number of hydrogen-bond acceptors (Lipinski definition) is 2. The van der Waals surface area contributed by atoms with Crippen LogP contribution >= 0.6 is 22.6 Å². The average molecular weight is 302 g/mol. The molecule has 0 fully saturated rings. The molecule has 74 valence electrons. The summed E-state index contributed by atoms with van der Waals surface area (Å²) in [4.78, 5) is 0. The van der Waals surface area contributed by atoms with Crippen LogP contribution in [-0.2, 0) is 0 Å². The second-order valence-corrected chi connectivity index (χ2v) is 4.79. The third-order valence-corrected chi connectivity index (χ3v) is 3.28. The van der Waals surface area contributed by atoms with Crippen molar-refractivity contribution >= 4 is 33.6 Å². The van der Waals surface area contributed by atoms with Gasteiger partial charge in [0.2, 0.25) is 0 Å². The van der Waals surface area contributed by atoms with Crippen LogP contribution in [0, 0.1) is 6.92 Å². The van der Waals surface area contributed by atoms with Gasteiger partial charge in [-0.3, -0.25) is 0 Å². The van der Waals surface area contributed by atoms with Gasteiger partial charge in [0.1, 0.15) is 11.3 Å². The third kappa shape index (κ3) is 1.66. The molecule has 1 N–H and O–H groups in total. The number of aliphatic hydroxyl groups is 1. The summed E-state index contributed by atoms with van der Waals surface area (Å²) in [5.74, 6) is 0.845. The third-order valence-electron chi connectivity index (χ3n) is 2.27. The van der Waals surface area contributed by atoms with Crippen molar-refractivity contribution in [3.05, 3.63) is 35.6 Å². The highest BCUT2D eigenvalue weighted by molar-refractivity contribution is 14.1. The number of halogens is 1. The van der Waals surface area contributed by atoms with Crippen molar-refractivity contribution in [2.24, 2.45) is 0 Å². The van der Waals surface area contributed by atoms with Gasteiger partial charge in [-0.05, 0) is 24.6 Å². The average Bonchev–Trinajstić information content (AvgIpc) is 2.62. The lowest BCUT2D eigenvalue weighted by Gasteiger charge is -1.98. The summed E-state index contributed by atoms with van der Waals surface area (Å²) in [6.45, 7) is 2.17. The fourth-order valence-electron chi connectivity index (χ4n) is 1.47. The summed E-state index contributed by atoms with van der Waals surface area (Å²) in [5, 5.41) is 10.2. The van der Waals surface area contributed by atoms with E-state index in [0.717, 1.165) is 16.7 Å². The second kappa shape index (κ2) is 3.90. The minimum Gasteiger partial charge on any atom is -0.460 e. The van der Waals surface area contributed by atoms with E-state index < -0.39 is 0 Å². The Morgan fingerprint density at radius 2 is 2.29 bits per heavy atom. The topological polar surface area (TPSA) is 33.4 Å². The van der Waals surface area contributed by atoms with Crippen molar-refractivity contribution in [2.75, 3.05) is 6.61 Å². The maximum atomic E-state index is 9.02. The predicted molar refractivity (Wildman–Crippen MR) is 64.8 cm³/mol. The van der Waals surface area contributed by atoms with E-state index in [9.17, 15) is 0 Å². The molecule has 0 saturated heterocycles. The van der Waals surface area contributed by atoms with E-state index >= 15 is 0 Å². The summed E-state index contributed by atoms with van der Waals surface area (Å²) >= 11 is 2.17. The summed E-state index contributed by atoms with van der Waals surface area (Å²) < 4.78 is 5.68. The fraction of sp³-hybridized carbons (Fsp3) is 0.273. The first-order chi connectivity index (χ1) is 6.72. The first kappa shape index (κ1) is 9.98. The van der Waals surface area contributed by atoms with Gasteiger partial charge < -0.3 is 9.52 Å². The Kier molecular flexibility index (Phi) is 2.78. The lowest BCUT2D eigenvalue weighted by molar-refractivity contribution is 0.291. The highest BCUT2D eigenvalue weighted by Crippen LogP contribution is 2.30. The lowest BCUT2D eigenvalue weighted by atomic mass is 10.1. The molecule has 0 bridgehead atoms. The van der Waals surface area contributed by atoms with E-state index in [1.54, 1.807) is 0 Å². The van der Waals surface area contributed by atoms with Crippen molar-refractivity contribution in [1.82, 2.24) is 0 Å². The molecule has 0 aliphatic rings. The summed E-state index contributed by atoms with van der Waals surface area (Å²) in [7, 11) is 0. The first-order valence-electron chi connectivity index (χ1n) is 4.46. The van der Waals surface area contributed by atoms with Crippen LogP contribution in [0.3, 0.4) is 0 Å². The molecule has 1 aromatic carbocycles. The van der Waals surface area contributed by atoms with Crippen LogP contribution in [0.2, 0.25) is 0 Å². The summed E-state index contributed by atoms with van der Waals surface area (Å²) in [6.07, 6.45) is 0. The Hall–Kier alpha value is -0.550. The quantitative estimate of drug-likeness (QED) is 0.682. The Bertz CT molecular complexity index is 447. The molecule has 1 atom stereocenters. The maximum absolute atomic E-state index is 9.02. The van der Waals surface area contributed by atoms with Crippen molar-refractivity contribution in [3.8, 4) is 0 Å². The smallest absolute Gasteiger partial charge is 0.134 e. The van der Waals surface area contributed by atoms with E-state index in [1.807, 2.05) is 18.2 Å². The van der Waals surface area contributed by atoms with Gasteiger partial charge in [0.05, 0.1) is 10.5 Å². The molecule has 3 heteroatoms. The Balaban J connectivity index is 2.56. The van der Waals surface area contributed by atoms with E-state index in [1.165, 1.54) is 5.56 Å². The molecule has 0 radical (unpaired) electrons. The van der Waals surface area contributed by atoms with Crippen LogP contribution in [0.1, 0.15) is 15.2 Å². The number of fused-ring (bicyclic) bond motifs is 1. The molecule has 2 aromatic rings. The standard InChI is InChI=1S/C11H11IO2/c1-7-3-2-4-10-8(7)5-11(14-10)9(12)6-13/h2-5,9,13H,6H2,1H3/t9-/m1/s1. The van der Waals surface area contributed by atoms with Gasteiger partial charge in [-0.2, -0.15) is 0 Å². The van der Waals surface area contributed by atoms with Crippen LogP contribution in [-0.4, -0.2) is 11.7 Å². The lowest BCUT2D eigenvalue weighted by Crippen LogP contribution is -1.91. The zero-order valence-corrected chi connectivity index (χ0v) is 9.98. The van der Waals surface area contributed by atoms with Crippen LogP contribution in [0.15, 0.2) is 28.7 Å². The molecular weight excluding hydrogens is 291 g/mol. The Morgan fingerprint density at radius 1 is 1.50 bits per heavy atom. The largest absolute Gasteiger partial charge is 0.460 e. The first-order valence-corrected chi connectivity index (χ1v) is 5.71. The van der Waals surface area contributed by atoms with Gasteiger partial charge >= 0.3 is 0 Å². The number of aliphatic hydroxyl groups excluding tert-OH is 1. The van der Waals surface area contributed by atoms with E-state index in [-0.39, 0.29) is 10.5 Å². The van der Waals surface area contributed by atoms with Gasteiger partial charge in [0.25, 0.3) is 0 Å². The monoisotopic (exact) mass is 302 g/mol. The number of rotatable bonds is 2. The van der Waals surface area contributed by atoms with E-state index in [4.69, 9.17) is 9.52 Å². The highest BCUT2D eigenvalue weighted by atomic mass is 127. The highest BCUT2D eigenvalue weighted by Gasteiger charge is 2.12. The number of alkyl halides is 1. The molecule has 2 nitrogen and oxygen atoms in total. The molecule has 0 aliphatic carbocycles. The summed E-state index contributed by atoms with van der Waals surface area (Å²) in [5.41, 5.74) is 2.11. The van der Waals surface area contributed by atoms with Crippen LogP contribution in [0.4, 0.5) is 0 Å². The molecule has 14 heavy (non-hydrogen) atoms. The molecular formula is C11H11IO2. The number of furan rings is 1. The molecule has 2 rings (SSSR count). The van der Waals surface area contributed by atoms with Crippen molar-refractivity contribution in [3.63, 3.8) is 0 Å². The normalized spacial score (nSPS) is 13.4. The SMILES string of the molecule is Cc1cccc2oc([C@H](I)CO)cc12. The van der Waals surface area contributed by atoms with Crippen molar-refractivity contribution in [2.45, 2.75) is 10.8 Å². The van der Waals surface area contributed by atoms with Gasteiger partial charge in [-0.1, -0.05) is 34.7 Å². The van der Waals surface area contributed by atoms with Gasteiger partial charge in [-0.15, -0.1) is 0 Å². The van der Waals surface area contributed by atoms with Crippen molar-refractivity contribution in [1.29, 1.82) is 0 Å². The molecule has 1 aromatic heterocycles. The Morgan fingerprint density at radius 3 is 2.93 bits per heavy atom. The maximum Gasteiger partial charge on any atom is 0.134 e. The van der Waals surface area contributed by atoms with Gasteiger partial charge in [-0.25, -0.2) is 0 Å². The fourth-order valence-corrected chi connectivity index (χ4v) is 1.78. The van der Waals surface area contributed by atoms with Gasteiger partial charge in [0, 0.05) is 5.39 Å². The molecule has 0 aliphatic heterocycles. The number of benzene rings is 1. The number of aryl methyl sites for hydroxylation is 1. The number of hydrogen-bond donors (Lipinski definition) is 1. The van der Waals surface area contributed by atoms with Crippen LogP contribution < -0.4 is 0 Å². The van der Waals surface area contributed by atoms with Crippen molar-refractivity contribution < 1.29 is 9.52 Å². The zero-order valence-electron chi connectivity index (χ0n) is 7.83. The van der Waals surface area contributed by atoms with Gasteiger partial charge in [0.15, 0.2) is 0 Å². The molecule has 1 heterocycles. The molecule has 0 spiro atoms. The Labute approximate surface area is 96.1 Å². The minimum absolute atomic E-state index is 0.0411. The van der Waals surface area contributed by atoms with E-state index in [2.05, 4.69) is 35.6 Å². The van der Waals surface area contributed by atoms with E-state index in [0.29, 0.717) is 0 Å². The molecule has 0 saturated carbocycles. The molecule has 0 unspecified atom stereocenters. The second-order valence-electron chi connectivity index (χ2n) is 3.29. The summed E-state index contributed by atoms with van der Waals surface area (Å²) in [6, 6.07) is 8.00. The minimum atomic E-state index is 0.0411.